The van der Waals surface area contributed by atoms with Crippen LogP contribution in [0.4, 0.5) is 0 Å². The van der Waals surface area contributed by atoms with Crippen LogP contribution >= 0.6 is 0 Å². The predicted octanol–water partition coefficient (Wildman–Crippen LogP) is 5.31. The van der Waals surface area contributed by atoms with Crippen molar-refractivity contribution >= 4 is 11.6 Å². The Labute approximate surface area is 157 Å². The number of rotatable bonds is 3. The lowest BCUT2D eigenvalue weighted by atomic mass is 9.48. The molecule has 4 bridgehead atoms. The van der Waals surface area contributed by atoms with Crippen LogP contribution in [0.3, 0.4) is 0 Å². The fraction of sp³-hybridized carbons (Fsp3) is 0.652. The Bertz CT molecular complexity index is 688. The largest absolute Gasteiger partial charge is 0.271 e. The van der Waals surface area contributed by atoms with Gasteiger partial charge < -0.3 is 0 Å². The number of nitrogens with one attached hydrogen (secondary N) is 1. The summed E-state index contributed by atoms with van der Waals surface area (Å²) < 4.78 is 0. The zero-order chi connectivity index (χ0) is 18.5. The second-order valence-electron chi connectivity index (χ2n) is 10.2. The lowest BCUT2D eigenvalue weighted by Crippen LogP contribution is -2.49. The molecule has 1 aromatic rings. The molecule has 4 saturated carbocycles. The van der Waals surface area contributed by atoms with Crippen molar-refractivity contribution in [3.8, 4) is 0 Å². The third-order valence-corrected chi connectivity index (χ3v) is 7.14. The summed E-state index contributed by atoms with van der Waals surface area (Å²) in [4.78, 5) is 12.5. The molecule has 0 heterocycles. The monoisotopic (exact) mass is 352 g/mol. The molecular weight excluding hydrogens is 320 g/mol. The van der Waals surface area contributed by atoms with E-state index >= 15 is 0 Å². The van der Waals surface area contributed by atoms with Crippen molar-refractivity contribution in [3.63, 3.8) is 0 Å². The van der Waals surface area contributed by atoms with Crippen molar-refractivity contribution in [1.82, 2.24) is 5.43 Å². The summed E-state index contributed by atoms with van der Waals surface area (Å²) in [5.41, 5.74) is 6.26. The van der Waals surface area contributed by atoms with Crippen LogP contribution in [-0.4, -0.2) is 11.6 Å². The fourth-order valence-corrected chi connectivity index (χ4v) is 5.99. The summed E-state index contributed by atoms with van der Waals surface area (Å²) in [5, 5.41) is 4.58. The van der Waals surface area contributed by atoms with Crippen molar-refractivity contribution < 1.29 is 4.79 Å². The Morgan fingerprint density at radius 3 is 1.96 bits per heavy atom. The lowest BCUT2D eigenvalue weighted by molar-refractivity contribution is -0.0128. The molecule has 3 nitrogen and oxygen atoms in total. The fourth-order valence-electron chi connectivity index (χ4n) is 5.99. The lowest BCUT2D eigenvalue weighted by Gasteiger charge is -2.56. The summed E-state index contributed by atoms with van der Waals surface area (Å²) in [5.74, 6) is 2.58. The highest BCUT2D eigenvalue weighted by Crippen LogP contribution is 2.60. The van der Waals surface area contributed by atoms with E-state index in [0.717, 1.165) is 23.5 Å². The number of carbonyl (C=O) groups excluding carboxylic acids is 1. The standard InChI is InChI=1S/C23H32N2O/c1-15(23-12-16-9-17(13-23)11-18(10-16)14-23)24-25-21(26)19-5-7-20(8-6-19)22(2,3)4/h5-8,16-18H,9-14H2,1-4H3,(H,25,26)/b24-15-. The molecule has 26 heavy (non-hydrogen) atoms. The summed E-state index contributed by atoms with van der Waals surface area (Å²) in [6.07, 6.45) is 8.14. The molecule has 1 N–H and O–H groups in total. The minimum atomic E-state index is -0.102. The van der Waals surface area contributed by atoms with E-state index in [1.165, 1.54) is 44.1 Å². The molecule has 4 aliphatic rings. The van der Waals surface area contributed by atoms with E-state index in [-0.39, 0.29) is 16.7 Å². The Hall–Kier alpha value is -1.64. The molecule has 0 aliphatic heterocycles. The maximum absolute atomic E-state index is 12.5. The Balaban J connectivity index is 1.45. The first-order valence-electron chi connectivity index (χ1n) is 10.2. The van der Waals surface area contributed by atoms with Gasteiger partial charge in [-0.3, -0.25) is 4.79 Å². The van der Waals surface area contributed by atoms with E-state index in [4.69, 9.17) is 0 Å². The van der Waals surface area contributed by atoms with Gasteiger partial charge in [-0.1, -0.05) is 32.9 Å². The quantitative estimate of drug-likeness (QED) is 0.581. The van der Waals surface area contributed by atoms with E-state index in [2.05, 4.69) is 38.2 Å². The topological polar surface area (TPSA) is 41.5 Å². The zero-order valence-corrected chi connectivity index (χ0v) is 16.6. The van der Waals surface area contributed by atoms with Gasteiger partial charge in [0.25, 0.3) is 5.91 Å². The first kappa shape index (κ1) is 17.8. The molecule has 0 aromatic heterocycles. The minimum absolute atomic E-state index is 0.0995. The predicted molar refractivity (Wildman–Crippen MR) is 106 cm³/mol. The van der Waals surface area contributed by atoms with Crippen molar-refractivity contribution in [2.45, 2.75) is 71.6 Å². The normalized spacial score (nSPS) is 33.4. The van der Waals surface area contributed by atoms with Crippen LogP contribution in [0, 0.1) is 23.2 Å². The van der Waals surface area contributed by atoms with E-state index in [1.54, 1.807) is 0 Å². The Kier molecular flexibility index (Phi) is 4.24. The summed E-state index contributed by atoms with van der Waals surface area (Å²) in [6, 6.07) is 7.91. The van der Waals surface area contributed by atoms with Gasteiger partial charge in [0.05, 0.1) is 0 Å². The van der Waals surface area contributed by atoms with Crippen LogP contribution in [0.5, 0.6) is 0 Å². The van der Waals surface area contributed by atoms with E-state index < -0.39 is 0 Å². The molecular formula is C23H32N2O. The molecule has 1 aromatic carbocycles. The number of hydrazone groups is 1. The molecule has 0 radical (unpaired) electrons. The van der Waals surface area contributed by atoms with Crippen LogP contribution in [-0.2, 0) is 5.41 Å². The number of carbonyl (C=O) groups is 1. The third-order valence-electron chi connectivity index (χ3n) is 7.14. The van der Waals surface area contributed by atoms with Gasteiger partial charge in [0.1, 0.15) is 0 Å². The van der Waals surface area contributed by atoms with Gasteiger partial charge in [-0.2, -0.15) is 5.10 Å². The molecule has 0 atom stereocenters. The summed E-state index contributed by atoms with van der Waals surface area (Å²) >= 11 is 0. The van der Waals surface area contributed by atoms with E-state index in [1.807, 2.05) is 24.3 Å². The maximum Gasteiger partial charge on any atom is 0.271 e. The molecule has 0 spiro atoms. The molecule has 0 saturated heterocycles. The second-order valence-corrected chi connectivity index (χ2v) is 10.2. The number of hydrogen-bond donors (Lipinski definition) is 1. The number of hydrogen-bond acceptors (Lipinski definition) is 2. The molecule has 0 unspecified atom stereocenters. The highest BCUT2D eigenvalue weighted by molar-refractivity contribution is 5.96. The molecule has 4 aliphatic carbocycles. The maximum atomic E-state index is 12.5. The van der Waals surface area contributed by atoms with Gasteiger partial charge in [-0.25, -0.2) is 5.43 Å². The van der Waals surface area contributed by atoms with Gasteiger partial charge in [-0.15, -0.1) is 0 Å². The summed E-state index contributed by atoms with van der Waals surface area (Å²) in [7, 11) is 0. The Morgan fingerprint density at radius 1 is 1.00 bits per heavy atom. The Morgan fingerprint density at radius 2 is 1.50 bits per heavy atom. The van der Waals surface area contributed by atoms with Crippen LogP contribution < -0.4 is 5.43 Å². The second kappa shape index (κ2) is 6.21. The van der Waals surface area contributed by atoms with Crippen LogP contribution in [0.25, 0.3) is 0 Å². The molecule has 1 amide bonds. The van der Waals surface area contributed by atoms with Gasteiger partial charge in [-0.05, 0) is 86.3 Å². The smallest absolute Gasteiger partial charge is 0.267 e. The zero-order valence-electron chi connectivity index (χ0n) is 16.6. The van der Waals surface area contributed by atoms with Crippen molar-refractivity contribution in [1.29, 1.82) is 0 Å². The average Bonchev–Trinajstić information content (AvgIpc) is 2.57. The van der Waals surface area contributed by atoms with Crippen molar-refractivity contribution in [3.05, 3.63) is 35.4 Å². The van der Waals surface area contributed by atoms with Crippen molar-refractivity contribution in [2.24, 2.45) is 28.3 Å². The van der Waals surface area contributed by atoms with E-state index in [0.29, 0.717) is 5.56 Å². The third kappa shape index (κ3) is 3.21. The molecule has 4 fully saturated rings. The van der Waals surface area contributed by atoms with Gasteiger partial charge in [0.15, 0.2) is 0 Å². The summed E-state index contributed by atoms with van der Waals surface area (Å²) in [6.45, 7) is 8.68. The highest BCUT2D eigenvalue weighted by Gasteiger charge is 2.52. The first-order chi connectivity index (χ1) is 12.2. The van der Waals surface area contributed by atoms with Crippen LogP contribution in [0.15, 0.2) is 29.4 Å². The number of nitrogens with zero attached hydrogens (tertiary/aromatic N) is 1. The number of benzene rings is 1. The van der Waals surface area contributed by atoms with E-state index in [9.17, 15) is 4.79 Å². The SMILES string of the molecule is C/C(=N/NC(=O)c1ccc(C(C)(C)C)cc1)C12CC3CC(CC(C3)C1)C2. The molecule has 3 heteroatoms. The van der Waals surface area contributed by atoms with Gasteiger partial charge >= 0.3 is 0 Å². The molecule has 140 valence electrons. The minimum Gasteiger partial charge on any atom is -0.267 e. The van der Waals surface area contributed by atoms with Crippen LogP contribution in [0.2, 0.25) is 0 Å². The molecule has 5 rings (SSSR count). The first-order valence-corrected chi connectivity index (χ1v) is 10.2. The highest BCUT2D eigenvalue weighted by atomic mass is 16.2. The van der Waals surface area contributed by atoms with Gasteiger partial charge in [0.2, 0.25) is 0 Å². The van der Waals surface area contributed by atoms with Gasteiger partial charge in [0, 0.05) is 16.7 Å². The van der Waals surface area contributed by atoms with Crippen molar-refractivity contribution in [2.75, 3.05) is 0 Å². The number of amides is 1. The average molecular weight is 353 g/mol. The van der Waals surface area contributed by atoms with Crippen LogP contribution in [0.1, 0.15) is 82.1 Å².